The third-order valence-electron chi connectivity index (χ3n) is 2.41. The normalized spacial score (nSPS) is 10.7. The molecule has 0 amide bonds. The van der Waals surface area contributed by atoms with Crippen LogP contribution in [0.15, 0.2) is 66.1 Å². The van der Waals surface area contributed by atoms with Crippen LogP contribution in [0.5, 0.6) is 0 Å². The number of hydrogen-bond acceptors (Lipinski definition) is 2. The highest BCUT2D eigenvalue weighted by Gasteiger charge is 1.99. The molecule has 0 spiro atoms. The average molecular weight is 282 g/mol. The minimum atomic E-state index is 1.05. The molecule has 0 aliphatic heterocycles. The van der Waals surface area contributed by atoms with E-state index in [9.17, 15) is 0 Å². The van der Waals surface area contributed by atoms with Crippen molar-refractivity contribution in [1.29, 1.82) is 0 Å². The van der Waals surface area contributed by atoms with Crippen molar-refractivity contribution in [2.24, 2.45) is 0 Å². The molecule has 94 valence electrons. The summed E-state index contributed by atoms with van der Waals surface area (Å²) in [6.45, 7) is 0. The molecular weight excluding hydrogens is 268 g/mol. The Balaban J connectivity index is 2.12. The van der Waals surface area contributed by atoms with Gasteiger partial charge >= 0.3 is 0 Å². The zero-order valence-electron chi connectivity index (χ0n) is 10.7. The van der Waals surface area contributed by atoms with Crippen molar-refractivity contribution in [2.75, 3.05) is 6.26 Å². The van der Waals surface area contributed by atoms with E-state index in [1.54, 1.807) is 23.5 Å². The summed E-state index contributed by atoms with van der Waals surface area (Å²) >= 11 is 3.27. The maximum absolute atomic E-state index is 3.17. The molecule has 0 unspecified atom stereocenters. The lowest BCUT2D eigenvalue weighted by Crippen LogP contribution is -1.77. The van der Waals surface area contributed by atoms with Crippen LogP contribution in [-0.4, -0.2) is 6.26 Å². The molecule has 0 atom stereocenters. The van der Waals surface area contributed by atoms with Gasteiger partial charge in [0.1, 0.15) is 0 Å². The van der Waals surface area contributed by atoms with Gasteiger partial charge in [0.25, 0.3) is 0 Å². The van der Waals surface area contributed by atoms with E-state index >= 15 is 0 Å². The molecule has 0 saturated heterocycles. The highest BCUT2D eigenvalue weighted by atomic mass is 32.2. The Kier molecular flexibility index (Phi) is 5.68. The third-order valence-corrected chi connectivity index (χ3v) is 3.81. The standard InChI is InChI=1S/C17H14S2/c1-18-14-17(16-10-6-3-7-11-16)19-13-12-15-8-4-2-5-9-15/h2-11,14H,1H3/b17-14-. The lowest BCUT2D eigenvalue weighted by Gasteiger charge is -2.01. The van der Waals surface area contributed by atoms with Gasteiger partial charge in [-0.3, -0.25) is 0 Å². The lowest BCUT2D eigenvalue weighted by atomic mass is 10.2. The quantitative estimate of drug-likeness (QED) is 0.719. The van der Waals surface area contributed by atoms with Crippen LogP contribution in [0.4, 0.5) is 0 Å². The summed E-state index contributed by atoms with van der Waals surface area (Å²) in [5.74, 6) is 3.17. The van der Waals surface area contributed by atoms with Gasteiger partial charge in [-0.1, -0.05) is 54.5 Å². The molecule has 2 heteroatoms. The van der Waals surface area contributed by atoms with Crippen LogP contribution in [0.2, 0.25) is 0 Å². The van der Waals surface area contributed by atoms with E-state index in [2.05, 4.69) is 47.1 Å². The Bertz CT molecular complexity index is 589. The fraction of sp³-hybridized carbons (Fsp3) is 0.0588. The fourth-order valence-corrected chi connectivity index (χ4v) is 2.89. The first kappa shape index (κ1) is 13.9. The number of rotatable bonds is 3. The highest BCUT2D eigenvalue weighted by molar-refractivity contribution is 8.13. The fourth-order valence-electron chi connectivity index (χ4n) is 1.52. The minimum absolute atomic E-state index is 1.05. The molecule has 2 aromatic rings. The second kappa shape index (κ2) is 7.78. The molecule has 0 aliphatic carbocycles. The van der Waals surface area contributed by atoms with Crippen molar-refractivity contribution in [3.05, 3.63) is 77.2 Å². The molecule has 0 radical (unpaired) electrons. The van der Waals surface area contributed by atoms with Gasteiger partial charge in [-0.05, 0) is 46.4 Å². The number of thioether (sulfide) groups is 2. The second-order valence-corrected chi connectivity index (χ2v) is 5.33. The van der Waals surface area contributed by atoms with Crippen LogP contribution in [0.1, 0.15) is 11.1 Å². The van der Waals surface area contributed by atoms with Gasteiger partial charge in [0.05, 0.1) is 0 Å². The Morgan fingerprint density at radius 1 is 0.947 bits per heavy atom. The molecule has 2 rings (SSSR count). The van der Waals surface area contributed by atoms with E-state index in [1.807, 2.05) is 36.4 Å². The Hall–Kier alpha value is -1.56. The van der Waals surface area contributed by atoms with E-state index in [0.29, 0.717) is 0 Å². The van der Waals surface area contributed by atoms with Crippen molar-refractivity contribution in [2.45, 2.75) is 0 Å². The monoisotopic (exact) mass is 282 g/mol. The van der Waals surface area contributed by atoms with Gasteiger partial charge in [0, 0.05) is 10.5 Å². The Labute approximate surface area is 123 Å². The van der Waals surface area contributed by atoms with Crippen molar-refractivity contribution >= 4 is 28.4 Å². The highest BCUT2D eigenvalue weighted by Crippen LogP contribution is 2.28. The summed E-state index contributed by atoms with van der Waals surface area (Å²) in [5.41, 5.74) is 2.26. The second-order valence-electron chi connectivity index (χ2n) is 3.78. The topological polar surface area (TPSA) is 0 Å². The van der Waals surface area contributed by atoms with Crippen LogP contribution in [0.3, 0.4) is 0 Å². The van der Waals surface area contributed by atoms with Crippen molar-refractivity contribution < 1.29 is 0 Å². The SMILES string of the molecule is CS/C=C(\SC#Cc1ccccc1)c1ccccc1. The predicted octanol–water partition coefficient (Wildman–Crippen LogP) is 5.09. The molecule has 0 bridgehead atoms. The minimum Gasteiger partial charge on any atom is -0.136 e. The van der Waals surface area contributed by atoms with Gasteiger partial charge < -0.3 is 0 Å². The first-order valence-electron chi connectivity index (χ1n) is 5.91. The van der Waals surface area contributed by atoms with E-state index in [4.69, 9.17) is 0 Å². The molecule has 0 heterocycles. The van der Waals surface area contributed by atoms with Crippen LogP contribution >= 0.6 is 23.5 Å². The van der Waals surface area contributed by atoms with Crippen molar-refractivity contribution in [3.63, 3.8) is 0 Å². The summed E-state index contributed by atoms with van der Waals surface area (Å²) < 4.78 is 0. The van der Waals surface area contributed by atoms with Crippen molar-refractivity contribution in [1.82, 2.24) is 0 Å². The maximum Gasteiger partial charge on any atom is 0.0338 e. The summed E-state index contributed by atoms with van der Waals surface area (Å²) in [6, 6.07) is 20.4. The summed E-state index contributed by atoms with van der Waals surface area (Å²) in [4.78, 5) is 1.19. The largest absolute Gasteiger partial charge is 0.136 e. The van der Waals surface area contributed by atoms with Crippen molar-refractivity contribution in [3.8, 4) is 11.2 Å². The lowest BCUT2D eigenvalue weighted by molar-refractivity contribution is 1.65. The van der Waals surface area contributed by atoms with E-state index in [1.165, 1.54) is 10.5 Å². The third kappa shape index (κ3) is 4.55. The van der Waals surface area contributed by atoms with Gasteiger partial charge in [-0.25, -0.2) is 0 Å². The van der Waals surface area contributed by atoms with Gasteiger partial charge in [0.2, 0.25) is 0 Å². The summed E-state index contributed by atoms with van der Waals surface area (Å²) in [6.07, 6.45) is 2.06. The number of hydrogen-bond donors (Lipinski definition) is 0. The smallest absolute Gasteiger partial charge is 0.0338 e. The molecule has 0 aromatic heterocycles. The summed E-state index contributed by atoms with van der Waals surface area (Å²) in [7, 11) is 0. The molecular formula is C17H14S2. The van der Waals surface area contributed by atoms with Crippen LogP contribution in [0, 0.1) is 11.2 Å². The summed E-state index contributed by atoms with van der Waals surface area (Å²) in [5, 5.41) is 5.31. The average Bonchev–Trinajstić information content (AvgIpc) is 2.48. The zero-order chi connectivity index (χ0) is 13.3. The van der Waals surface area contributed by atoms with E-state index in [-0.39, 0.29) is 0 Å². The predicted molar refractivity (Wildman–Crippen MR) is 88.8 cm³/mol. The van der Waals surface area contributed by atoms with Crippen LogP contribution < -0.4 is 0 Å². The molecule has 0 nitrogen and oxygen atoms in total. The van der Waals surface area contributed by atoms with Crippen LogP contribution in [0.25, 0.3) is 4.91 Å². The van der Waals surface area contributed by atoms with E-state index in [0.717, 1.165) is 5.56 Å². The Morgan fingerprint density at radius 3 is 2.21 bits per heavy atom. The van der Waals surface area contributed by atoms with Gasteiger partial charge in [0.15, 0.2) is 0 Å². The molecule has 0 aliphatic rings. The zero-order valence-corrected chi connectivity index (χ0v) is 12.3. The van der Waals surface area contributed by atoms with Crippen LogP contribution in [-0.2, 0) is 0 Å². The maximum atomic E-state index is 3.17. The number of benzene rings is 2. The molecule has 2 aromatic carbocycles. The van der Waals surface area contributed by atoms with E-state index < -0.39 is 0 Å². The molecule has 0 N–H and O–H groups in total. The molecule has 0 fully saturated rings. The van der Waals surface area contributed by atoms with Gasteiger partial charge in [-0.15, -0.1) is 11.8 Å². The first-order chi connectivity index (χ1) is 9.40. The molecule has 19 heavy (non-hydrogen) atoms. The first-order valence-corrected chi connectivity index (χ1v) is 8.02. The molecule has 0 saturated carbocycles. The Morgan fingerprint density at radius 2 is 1.58 bits per heavy atom. The van der Waals surface area contributed by atoms with Gasteiger partial charge in [-0.2, -0.15) is 0 Å².